The minimum absolute atomic E-state index is 0.132. The molecule has 2 aliphatic heterocycles. The zero-order valence-electron chi connectivity index (χ0n) is 12.2. The number of benzene rings is 1. The van der Waals surface area contributed by atoms with E-state index in [1.807, 2.05) is 37.3 Å². The van der Waals surface area contributed by atoms with Crippen molar-refractivity contribution >= 4 is 16.7 Å². The van der Waals surface area contributed by atoms with Crippen LogP contribution in [0.15, 0.2) is 30.3 Å². The monoisotopic (exact) mass is 281 g/mol. The third kappa shape index (κ3) is 2.36. The van der Waals surface area contributed by atoms with Gasteiger partial charge in [0.2, 0.25) is 0 Å². The molecule has 108 valence electrons. The maximum atomic E-state index is 12.8. The Bertz CT molecular complexity index is 697. The number of carbonyl (C=O) groups is 1. The molecule has 0 aliphatic carbocycles. The highest BCUT2D eigenvalue weighted by molar-refractivity contribution is 6.00. The van der Waals surface area contributed by atoms with Crippen LogP contribution in [0.4, 0.5) is 0 Å². The summed E-state index contributed by atoms with van der Waals surface area (Å²) in [4.78, 5) is 17.2. The number of aryl methyl sites for hydroxylation is 1. The molecule has 2 saturated heterocycles. The van der Waals surface area contributed by atoms with E-state index in [0.717, 1.165) is 47.8 Å². The first-order chi connectivity index (χ1) is 10.2. The van der Waals surface area contributed by atoms with Crippen LogP contribution < -0.4 is 0 Å². The van der Waals surface area contributed by atoms with E-state index >= 15 is 0 Å². The fourth-order valence-electron chi connectivity index (χ4n) is 3.69. The molecule has 2 aromatic rings. The van der Waals surface area contributed by atoms with Crippen molar-refractivity contribution in [2.45, 2.75) is 44.8 Å². The van der Waals surface area contributed by atoms with E-state index in [1.54, 1.807) is 0 Å². The van der Waals surface area contributed by atoms with Gasteiger partial charge in [-0.15, -0.1) is 0 Å². The molecule has 4 rings (SSSR count). The smallest absolute Gasteiger partial charge is 0.166 e. The summed E-state index contributed by atoms with van der Waals surface area (Å²) in [7, 11) is 0. The average molecular weight is 281 g/mol. The van der Waals surface area contributed by atoms with Crippen molar-refractivity contribution in [1.29, 1.82) is 0 Å². The Morgan fingerprint density at radius 2 is 1.90 bits per heavy atom. The number of pyridine rings is 1. The summed E-state index contributed by atoms with van der Waals surface area (Å²) < 4.78 is 5.83. The largest absolute Gasteiger partial charge is 0.375 e. The normalized spacial score (nSPS) is 28.0. The van der Waals surface area contributed by atoms with Gasteiger partial charge in [0.1, 0.15) is 0 Å². The fourth-order valence-corrected chi connectivity index (χ4v) is 3.69. The van der Waals surface area contributed by atoms with Crippen LogP contribution >= 0.6 is 0 Å². The molecule has 21 heavy (non-hydrogen) atoms. The molecule has 2 atom stereocenters. The van der Waals surface area contributed by atoms with Gasteiger partial charge in [-0.25, -0.2) is 0 Å². The predicted molar refractivity (Wildman–Crippen MR) is 81.4 cm³/mol. The van der Waals surface area contributed by atoms with Crippen LogP contribution in [0.25, 0.3) is 10.9 Å². The molecule has 2 bridgehead atoms. The molecule has 3 heterocycles. The van der Waals surface area contributed by atoms with Crippen molar-refractivity contribution in [3.8, 4) is 0 Å². The Labute approximate surface area is 124 Å². The van der Waals surface area contributed by atoms with Crippen molar-refractivity contribution in [1.82, 2.24) is 4.98 Å². The highest BCUT2D eigenvalue weighted by atomic mass is 16.5. The van der Waals surface area contributed by atoms with E-state index < -0.39 is 0 Å². The lowest BCUT2D eigenvalue weighted by molar-refractivity contribution is -0.0149. The second-order valence-electron chi connectivity index (χ2n) is 6.35. The first kappa shape index (κ1) is 13.0. The molecule has 2 fully saturated rings. The van der Waals surface area contributed by atoms with E-state index in [-0.39, 0.29) is 11.7 Å². The van der Waals surface area contributed by atoms with Crippen molar-refractivity contribution in [3.05, 3.63) is 41.6 Å². The van der Waals surface area contributed by atoms with Crippen LogP contribution in [0, 0.1) is 12.8 Å². The molecule has 2 unspecified atom stereocenters. The Hall–Kier alpha value is -1.74. The van der Waals surface area contributed by atoms with Crippen LogP contribution in [0.5, 0.6) is 0 Å². The second-order valence-corrected chi connectivity index (χ2v) is 6.35. The zero-order chi connectivity index (χ0) is 14.4. The lowest BCUT2D eigenvalue weighted by atomic mass is 9.87. The molecule has 0 amide bonds. The lowest BCUT2D eigenvalue weighted by Crippen LogP contribution is -2.30. The Kier molecular flexibility index (Phi) is 3.03. The maximum absolute atomic E-state index is 12.8. The van der Waals surface area contributed by atoms with Gasteiger partial charge in [0.05, 0.1) is 17.7 Å². The molecular formula is C18H19NO2. The van der Waals surface area contributed by atoms with Gasteiger partial charge >= 0.3 is 0 Å². The first-order valence-electron chi connectivity index (χ1n) is 7.76. The van der Waals surface area contributed by atoms with Crippen molar-refractivity contribution in [2.24, 2.45) is 5.92 Å². The van der Waals surface area contributed by atoms with Crippen LogP contribution in [0.1, 0.15) is 41.7 Å². The fraction of sp³-hybridized carbons (Fsp3) is 0.444. The summed E-state index contributed by atoms with van der Waals surface area (Å²) in [6.07, 6.45) is 4.63. The van der Waals surface area contributed by atoms with Crippen LogP contribution in [-0.2, 0) is 4.74 Å². The number of carbonyl (C=O) groups excluding carboxylic acids is 1. The number of ether oxygens (including phenoxy) is 1. The molecule has 0 radical (unpaired) electrons. The van der Waals surface area contributed by atoms with Gasteiger partial charge in [-0.05, 0) is 56.9 Å². The second kappa shape index (κ2) is 4.92. The maximum Gasteiger partial charge on any atom is 0.166 e. The number of aromatic nitrogens is 1. The van der Waals surface area contributed by atoms with E-state index in [2.05, 4.69) is 4.98 Å². The molecule has 2 aliphatic rings. The van der Waals surface area contributed by atoms with E-state index in [1.165, 1.54) is 0 Å². The molecule has 0 saturated carbocycles. The quantitative estimate of drug-likeness (QED) is 0.788. The predicted octanol–water partition coefficient (Wildman–Crippen LogP) is 3.68. The summed E-state index contributed by atoms with van der Waals surface area (Å²) in [6.45, 7) is 1.98. The average Bonchev–Trinajstić information content (AvgIpc) is 2.84. The topological polar surface area (TPSA) is 39.2 Å². The number of fused-ring (bicyclic) bond motifs is 3. The standard InChI is InChI=1S/C18H19NO2/c1-11-2-3-12-8-13(4-7-17(12)19-11)18(20)14-9-15-5-6-16(10-14)21-15/h2-4,7-8,14-16H,5-6,9-10H2,1H3. The highest BCUT2D eigenvalue weighted by Crippen LogP contribution is 2.37. The van der Waals surface area contributed by atoms with Gasteiger partial charge < -0.3 is 4.74 Å². The van der Waals surface area contributed by atoms with Gasteiger partial charge in [-0.3, -0.25) is 9.78 Å². The number of ketones is 1. The summed E-state index contributed by atoms with van der Waals surface area (Å²) in [5.41, 5.74) is 2.78. The van der Waals surface area contributed by atoms with Gasteiger partial charge in [-0.2, -0.15) is 0 Å². The minimum atomic E-state index is 0.132. The summed E-state index contributed by atoms with van der Waals surface area (Å²) in [5.74, 6) is 0.407. The molecule has 3 nitrogen and oxygen atoms in total. The van der Waals surface area contributed by atoms with Gasteiger partial charge in [-0.1, -0.05) is 6.07 Å². The number of hydrogen-bond donors (Lipinski definition) is 0. The van der Waals surface area contributed by atoms with Crippen LogP contribution in [0.2, 0.25) is 0 Å². The molecule has 1 aromatic carbocycles. The van der Waals surface area contributed by atoms with Crippen molar-refractivity contribution in [2.75, 3.05) is 0 Å². The first-order valence-corrected chi connectivity index (χ1v) is 7.76. The van der Waals surface area contributed by atoms with Crippen LogP contribution in [-0.4, -0.2) is 23.0 Å². The Morgan fingerprint density at radius 1 is 1.14 bits per heavy atom. The number of rotatable bonds is 2. The van der Waals surface area contributed by atoms with Gasteiger partial charge in [0, 0.05) is 22.6 Å². The molecule has 1 aromatic heterocycles. The Morgan fingerprint density at radius 3 is 2.67 bits per heavy atom. The lowest BCUT2D eigenvalue weighted by Gasteiger charge is -2.27. The van der Waals surface area contributed by atoms with Crippen LogP contribution in [0.3, 0.4) is 0 Å². The molecule has 0 N–H and O–H groups in total. The number of hydrogen-bond acceptors (Lipinski definition) is 3. The third-order valence-corrected chi connectivity index (χ3v) is 4.77. The summed E-state index contributed by atoms with van der Waals surface area (Å²) in [6, 6.07) is 9.91. The van der Waals surface area contributed by atoms with E-state index in [4.69, 9.17) is 4.74 Å². The van der Waals surface area contributed by atoms with Gasteiger partial charge in [0.15, 0.2) is 5.78 Å². The molecule has 0 spiro atoms. The van der Waals surface area contributed by atoms with Crippen molar-refractivity contribution in [3.63, 3.8) is 0 Å². The van der Waals surface area contributed by atoms with E-state index in [9.17, 15) is 4.79 Å². The Balaban J connectivity index is 1.63. The van der Waals surface area contributed by atoms with E-state index in [0.29, 0.717) is 12.2 Å². The summed E-state index contributed by atoms with van der Waals surface area (Å²) in [5, 5.41) is 1.04. The minimum Gasteiger partial charge on any atom is -0.375 e. The van der Waals surface area contributed by atoms with Crippen molar-refractivity contribution < 1.29 is 9.53 Å². The van der Waals surface area contributed by atoms with Gasteiger partial charge in [0.25, 0.3) is 0 Å². The SMILES string of the molecule is Cc1ccc2cc(C(=O)C3CC4CCC(C3)O4)ccc2n1. The number of nitrogens with zero attached hydrogens (tertiary/aromatic N) is 1. The molecular weight excluding hydrogens is 262 g/mol. The highest BCUT2D eigenvalue weighted by Gasteiger charge is 2.38. The summed E-state index contributed by atoms with van der Waals surface area (Å²) >= 11 is 0. The molecule has 3 heteroatoms. The zero-order valence-corrected chi connectivity index (χ0v) is 12.2. The number of Topliss-reactive ketones (excluding diaryl/α,β-unsaturated/α-hetero) is 1. The third-order valence-electron chi connectivity index (χ3n) is 4.77.